The van der Waals surface area contributed by atoms with Crippen molar-refractivity contribution < 1.29 is 9.28 Å². The van der Waals surface area contributed by atoms with Gasteiger partial charge in [-0.2, -0.15) is 0 Å². The van der Waals surface area contributed by atoms with Crippen LogP contribution in [0, 0.1) is 0 Å². The van der Waals surface area contributed by atoms with Gasteiger partial charge in [-0.05, 0) is 13.3 Å². The number of hydrogen-bond acceptors (Lipinski definition) is 2. The highest BCUT2D eigenvalue weighted by Gasteiger charge is 2.39. The number of carbonyl (C=O) groups is 1. The van der Waals surface area contributed by atoms with Crippen LogP contribution in [0.3, 0.4) is 0 Å². The minimum atomic E-state index is 0.251. The topological polar surface area (TPSA) is 32.3 Å². The largest absolute Gasteiger partial charge is 0.349 e. The molecule has 4 nitrogen and oxygen atoms in total. The van der Waals surface area contributed by atoms with Crippen LogP contribution < -0.4 is 5.32 Å². The van der Waals surface area contributed by atoms with Gasteiger partial charge in [-0.1, -0.05) is 13.3 Å². The van der Waals surface area contributed by atoms with Gasteiger partial charge in [0.25, 0.3) is 5.91 Å². The van der Waals surface area contributed by atoms with Gasteiger partial charge in [0.1, 0.15) is 0 Å². The van der Waals surface area contributed by atoms with Gasteiger partial charge in [0, 0.05) is 25.7 Å². The first-order valence-corrected chi connectivity index (χ1v) is 7.00. The summed E-state index contributed by atoms with van der Waals surface area (Å²) < 4.78 is 1.03. The van der Waals surface area contributed by atoms with Crippen molar-refractivity contribution in [2.75, 3.05) is 45.8 Å². The molecule has 3 saturated heterocycles. The zero-order valence-corrected chi connectivity index (χ0v) is 11.2. The summed E-state index contributed by atoms with van der Waals surface area (Å²) in [6.45, 7) is 12.0. The number of rotatable bonds is 5. The summed E-state index contributed by atoms with van der Waals surface area (Å²) in [6.07, 6.45) is 2.22. The monoisotopic (exact) mass is 240 g/mol. The summed E-state index contributed by atoms with van der Waals surface area (Å²) in [5.74, 6) is 0.251. The third-order valence-electron chi connectivity index (χ3n) is 4.28. The van der Waals surface area contributed by atoms with E-state index in [9.17, 15) is 4.79 Å². The molecule has 0 unspecified atom stereocenters. The number of hydrogen-bond donors (Lipinski definition) is 1. The van der Waals surface area contributed by atoms with E-state index in [1.807, 2.05) is 0 Å². The first-order valence-electron chi connectivity index (χ1n) is 7.00. The van der Waals surface area contributed by atoms with Crippen molar-refractivity contribution >= 4 is 5.91 Å². The van der Waals surface area contributed by atoms with E-state index in [2.05, 4.69) is 24.1 Å². The number of amides is 1. The molecule has 3 aliphatic heterocycles. The van der Waals surface area contributed by atoms with Crippen molar-refractivity contribution in [3.8, 4) is 0 Å². The highest BCUT2D eigenvalue weighted by atomic mass is 16.2. The zero-order chi connectivity index (χ0) is 12.3. The summed E-state index contributed by atoms with van der Waals surface area (Å²) in [6, 6.07) is 0.330. The molecule has 0 aromatic rings. The second-order valence-corrected chi connectivity index (χ2v) is 5.77. The summed E-state index contributed by atoms with van der Waals surface area (Å²) >= 11 is 0. The Balaban J connectivity index is 1.81. The lowest BCUT2D eigenvalue weighted by Gasteiger charge is -2.50. The molecule has 17 heavy (non-hydrogen) atoms. The van der Waals surface area contributed by atoms with Gasteiger partial charge in [0.05, 0.1) is 19.6 Å². The quantitative estimate of drug-likeness (QED) is 0.707. The highest BCUT2D eigenvalue weighted by Crippen LogP contribution is 2.18. The average molecular weight is 240 g/mol. The molecule has 3 rings (SSSR count). The fourth-order valence-electron chi connectivity index (χ4n) is 3.10. The predicted octanol–water partition coefficient (Wildman–Crippen LogP) is 0.437. The van der Waals surface area contributed by atoms with Gasteiger partial charge >= 0.3 is 0 Å². The van der Waals surface area contributed by atoms with Crippen molar-refractivity contribution in [2.45, 2.75) is 32.7 Å². The normalized spacial score (nSPS) is 33.4. The summed E-state index contributed by atoms with van der Waals surface area (Å²) in [5, 5.41) is 3.14. The Morgan fingerprint density at radius 2 is 1.88 bits per heavy atom. The number of quaternary nitrogens is 1. The minimum Gasteiger partial charge on any atom is -0.349 e. The second-order valence-electron chi connectivity index (χ2n) is 5.77. The van der Waals surface area contributed by atoms with Gasteiger partial charge in [-0.15, -0.1) is 0 Å². The van der Waals surface area contributed by atoms with Crippen LogP contribution in [0.4, 0.5) is 0 Å². The standard InChI is InChI=1S/C13H25N3O/c1-3-4-12(2)14-13(17)11-16-8-5-15(6-9-16)7-10-16/h12H,3-11H2,1-2H3/p+1/t12-/m1/s1. The van der Waals surface area contributed by atoms with Crippen LogP contribution in [0.5, 0.6) is 0 Å². The Morgan fingerprint density at radius 1 is 1.29 bits per heavy atom. The first kappa shape index (κ1) is 12.8. The average Bonchev–Trinajstić information content (AvgIpc) is 2.30. The van der Waals surface area contributed by atoms with Crippen LogP contribution >= 0.6 is 0 Å². The molecule has 3 fully saturated rings. The molecule has 3 aliphatic rings. The molecule has 3 heterocycles. The summed E-state index contributed by atoms with van der Waals surface area (Å²) in [7, 11) is 0. The van der Waals surface area contributed by atoms with E-state index in [0.29, 0.717) is 12.6 Å². The van der Waals surface area contributed by atoms with E-state index >= 15 is 0 Å². The Morgan fingerprint density at radius 3 is 2.41 bits per heavy atom. The zero-order valence-electron chi connectivity index (χ0n) is 11.2. The van der Waals surface area contributed by atoms with Crippen LogP contribution in [0.1, 0.15) is 26.7 Å². The minimum absolute atomic E-state index is 0.251. The number of piperazine rings is 3. The van der Waals surface area contributed by atoms with Crippen molar-refractivity contribution in [1.82, 2.24) is 10.2 Å². The maximum atomic E-state index is 12.0. The van der Waals surface area contributed by atoms with Gasteiger partial charge in [-0.25, -0.2) is 0 Å². The molecule has 2 bridgehead atoms. The van der Waals surface area contributed by atoms with Crippen LogP contribution in [0.2, 0.25) is 0 Å². The van der Waals surface area contributed by atoms with Crippen LogP contribution in [0.25, 0.3) is 0 Å². The Kier molecular flexibility index (Phi) is 4.05. The maximum Gasteiger partial charge on any atom is 0.275 e. The fourth-order valence-corrected chi connectivity index (χ4v) is 3.10. The molecule has 1 amide bonds. The first-order chi connectivity index (χ1) is 8.13. The lowest BCUT2D eigenvalue weighted by atomic mass is 10.1. The molecule has 1 N–H and O–H groups in total. The van der Waals surface area contributed by atoms with E-state index in [1.165, 1.54) is 19.6 Å². The number of nitrogens with zero attached hydrogens (tertiary/aromatic N) is 2. The number of nitrogens with one attached hydrogen (secondary N) is 1. The third-order valence-corrected chi connectivity index (χ3v) is 4.28. The molecule has 4 heteroatoms. The maximum absolute atomic E-state index is 12.0. The van der Waals surface area contributed by atoms with E-state index in [4.69, 9.17) is 0 Å². The predicted molar refractivity (Wildman–Crippen MR) is 68.7 cm³/mol. The number of fused-ring (bicyclic) bond motifs is 3. The second kappa shape index (κ2) is 5.36. The van der Waals surface area contributed by atoms with E-state index < -0.39 is 0 Å². The lowest BCUT2D eigenvalue weighted by Crippen LogP contribution is -2.69. The summed E-state index contributed by atoms with van der Waals surface area (Å²) in [5.41, 5.74) is 0. The molecule has 0 saturated carbocycles. The Bertz CT molecular complexity index is 258. The third kappa shape index (κ3) is 3.19. The molecule has 0 aromatic carbocycles. The van der Waals surface area contributed by atoms with Gasteiger partial charge < -0.3 is 9.80 Å². The van der Waals surface area contributed by atoms with Crippen LogP contribution in [0.15, 0.2) is 0 Å². The smallest absolute Gasteiger partial charge is 0.275 e. The van der Waals surface area contributed by atoms with Crippen LogP contribution in [-0.2, 0) is 4.79 Å². The molecular weight excluding hydrogens is 214 g/mol. The van der Waals surface area contributed by atoms with Gasteiger partial charge in [0.2, 0.25) is 0 Å². The lowest BCUT2D eigenvalue weighted by molar-refractivity contribution is -0.933. The molecule has 0 spiro atoms. The number of carbonyl (C=O) groups excluding carboxylic acids is 1. The molecule has 1 atom stereocenters. The van der Waals surface area contributed by atoms with Crippen molar-refractivity contribution in [3.05, 3.63) is 0 Å². The highest BCUT2D eigenvalue weighted by molar-refractivity contribution is 5.77. The molecule has 0 aromatic heterocycles. The molecular formula is C13H26N3O+. The van der Waals surface area contributed by atoms with Crippen molar-refractivity contribution in [3.63, 3.8) is 0 Å². The van der Waals surface area contributed by atoms with Crippen molar-refractivity contribution in [2.24, 2.45) is 0 Å². The molecule has 98 valence electrons. The van der Waals surface area contributed by atoms with E-state index in [1.54, 1.807) is 0 Å². The Hall–Kier alpha value is -0.610. The van der Waals surface area contributed by atoms with E-state index in [0.717, 1.165) is 37.0 Å². The van der Waals surface area contributed by atoms with Gasteiger partial charge in [0.15, 0.2) is 6.54 Å². The molecule has 0 radical (unpaired) electrons. The van der Waals surface area contributed by atoms with Gasteiger partial charge in [-0.3, -0.25) is 9.69 Å². The SMILES string of the molecule is CCC[C@@H](C)NC(=O)C[N+]12CCN(CC1)CC2. The van der Waals surface area contributed by atoms with Crippen molar-refractivity contribution in [1.29, 1.82) is 0 Å². The fraction of sp³-hybridized carbons (Fsp3) is 0.923. The van der Waals surface area contributed by atoms with E-state index in [-0.39, 0.29) is 5.91 Å². The van der Waals surface area contributed by atoms with Crippen LogP contribution in [-0.4, -0.2) is 67.1 Å². The molecule has 0 aliphatic carbocycles. The Labute approximate surface area is 105 Å². The summed E-state index contributed by atoms with van der Waals surface area (Å²) in [4.78, 5) is 14.5.